The molecule has 0 saturated carbocycles. The number of hydrogen-bond donors (Lipinski definition) is 1. The molecular weight excluding hydrogens is 288 g/mol. The minimum atomic E-state index is -0.820. The van der Waals surface area contributed by atoms with Crippen LogP contribution in [0.25, 0.3) is 0 Å². The number of aliphatic carboxylic acids is 1. The van der Waals surface area contributed by atoms with Gasteiger partial charge in [-0.15, -0.1) is 11.8 Å². The summed E-state index contributed by atoms with van der Waals surface area (Å²) in [4.78, 5) is 16.0. The third kappa shape index (κ3) is 5.23. The highest BCUT2D eigenvalue weighted by Gasteiger charge is 2.08. The van der Waals surface area contributed by atoms with E-state index in [4.69, 9.17) is 9.63 Å². The van der Waals surface area contributed by atoms with Gasteiger partial charge in [0.15, 0.2) is 5.82 Å². The van der Waals surface area contributed by atoms with E-state index in [0.717, 1.165) is 16.9 Å². The molecule has 2 aromatic rings. The molecule has 0 amide bonds. The van der Waals surface area contributed by atoms with E-state index in [1.165, 1.54) is 0 Å². The predicted molar refractivity (Wildman–Crippen MR) is 80.2 cm³/mol. The van der Waals surface area contributed by atoms with Gasteiger partial charge in [-0.3, -0.25) is 4.79 Å². The predicted octanol–water partition coefficient (Wildman–Crippen LogP) is 3.19. The molecule has 0 radical (unpaired) electrons. The van der Waals surface area contributed by atoms with Crippen LogP contribution in [0.15, 0.2) is 33.7 Å². The molecule has 21 heavy (non-hydrogen) atoms. The van der Waals surface area contributed by atoms with Crippen molar-refractivity contribution >= 4 is 17.7 Å². The zero-order valence-electron chi connectivity index (χ0n) is 12.1. The summed E-state index contributed by atoms with van der Waals surface area (Å²) in [6.45, 7) is 4.22. The maximum Gasteiger partial charge on any atom is 0.307 e. The topological polar surface area (TPSA) is 76.2 Å². The Morgan fingerprint density at radius 1 is 1.33 bits per heavy atom. The summed E-state index contributed by atoms with van der Waals surface area (Å²) in [5.41, 5.74) is 0.797. The van der Waals surface area contributed by atoms with Crippen molar-refractivity contribution in [2.75, 3.05) is 0 Å². The molecule has 0 atom stereocenters. The Balaban J connectivity index is 1.87. The number of carboxylic acids is 1. The summed E-state index contributed by atoms with van der Waals surface area (Å²) in [6.07, 6.45) is 0.843. The second-order valence-corrected chi connectivity index (χ2v) is 6.25. The number of thioether (sulfide) groups is 1. The second-order valence-electron chi connectivity index (χ2n) is 5.21. The Kier molecular flexibility index (Phi) is 5.38. The van der Waals surface area contributed by atoms with Gasteiger partial charge in [-0.25, -0.2) is 0 Å². The van der Waals surface area contributed by atoms with Crippen LogP contribution in [0.5, 0.6) is 0 Å². The molecule has 1 aromatic heterocycles. The van der Waals surface area contributed by atoms with Gasteiger partial charge in [0.05, 0.1) is 12.2 Å². The van der Waals surface area contributed by atoms with E-state index in [1.807, 2.05) is 24.3 Å². The van der Waals surface area contributed by atoms with Crippen molar-refractivity contribution < 1.29 is 14.4 Å². The van der Waals surface area contributed by atoms with Crippen molar-refractivity contribution in [1.82, 2.24) is 10.1 Å². The number of rotatable bonds is 7. The minimum absolute atomic E-state index is 0.0500. The van der Waals surface area contributed by atoms with Crippen LogP contribution in [-0.4, -0.2) is 21.2 Å². The lowest BCUT2D eigenvalue weighted by atomic mass is 10.1. The number of aromatic nitrogens is 2. The third-order valence-electron chi connectivity index (χ3n) is 2.74. The molecular formula is C15H18N2O3S. The van der Waals surface area contributed by atoms with Crippen LogP contribution in [0.3, 0.4) is 0 Å². The summed E-state index contributed by atoms with van der Waals surface area (Å²) in [5, 5.41) is 12.7. The molecule has 1 heterocycles. The SMILES string of the molecule is CC(C)Cc1nc(CSc2ccc(CC(=O)O)cc2)no1. The highest BCUT2D eigenvalue weighted by Crippen LogP contribution is 2.22. The van der Waals surface area contributed by atoms with Gasteiger partial charge in [0.1, 0.15) is 0 Å². The summed E-state index contributed by atoms with van der Waals surface area (Å²) in [7, 11) is 0. The van der Waals surface area contributed by atoms with E-state index in [2.05, 4.69) is 24.0 Å². The first-order valence-electron chi connectivity index (χ1n) is 6.78. The Morgan fingerprint density at radius 3 is 2.67 bits per heavy atom. The maximum atomic E-state index is 10.6. The third-order valence-corrected chi connectivity index (χ3v) is 3.75. The molecule has 0 unspecified atom stereocenters. The number of nitrogens with zero attached hydrogens (tertiary/aromatic N) is 2. The number of carboxylic acid groups (broad SMARTS) is 1. The van der Waals surface area contributed by atoms with Gasteiger partial charge < -0.3 is 9.63 Å². The Hall–Kier alpha value is -1.82. The van der Waals surface area contributed by atoms with Crippen LogP contribution in [0, 0.1) is 5.92 Å². The minimum Gasteiger partial charge on any atom is -0.481 e. The van der Waals surface area contributed by atoms with Gasteiger partial charge in [-0.2, -0.15) is 4.98 Å². The van der Waals surface area contributed by atoms with E-state index in [1.54, 1.807) is 11.8 Å². The van der Waals surface area contributed by atoms with Crippen molar-refractivity contribution in [1.29, 1.82) is 0 Å². The highest BCUT2D eigenvalue weighted by atomic mass is 32.2. The first-order chi connectivity index (χ1) is 10.0. The monoisotopic (exact) mass is 306 g/mol. The fourth-order valence-corrected chi connectivity index (χ4v) is 2.55. The van der Waals surface area contributed by atoms with Crippen LogP contribution in [-0.2, 0) is 23.4 Å². The van der Waals surface area contributed by atoms with E-state index < -0.39 is 5.97 Å². The van der Waals surface area contributed by atoms with Crippen LogP contribution in [0.1, 0.15) is 31.1 Å². The van der Waals surface area contributed by atoms with Crippen molar-refractivity contribution in [2.45, 2.75) is 37.3 Å². The highest BCUT2D eigenvalue weighted by molar-refractivity contribution is 7.98. The molecule has 0 aliphatic rings. The molecule has 1 N–H and O–H groups in total. The van der Waals surface area contributed by atoms with Gasteiger partial charge in [0, 0.05) is 11.3 Å². The lowest BCUT2D eigenvalue weighted by molar-refractivity contribution is -0.136. The summed E-state index contributed by atoms with van der Waals surface area (Å²) < 4.78 is 5.19. The molecule has 0 fully saturated rings. The molecule has 0 spiro atoms. The van der Waals surface area contributed by atoms with Gasteiger partial charge in [-0.05, 0) is 23.6 Å². The zero-order valence-corrected chi connectivity index (χ0v) is 12.9. The molecule has 0 aliphatic carbocycles. The van der Waals surface area contributed by atoms with Crippen molar-refractivity contribution in [2.24, 2.45) is 5.92 Å². The van der Waals surface area contributed by atoms with Crippen LogP contribution >= 0.6 is 11.8 Å². The smallest absolute Gasteiger partial charge is 0.307 e. The van der Waals surface area contributed by atoms with Crippen LogP contribution in [0.2, 0.25) is 0 Å². The maximum absolute atomic E-state index is 10.6. The van der Waals surface area contributed by atoms with Crippen LogP contribution in [0.4, 0.5) is 0 Å². The Morgan fingerprint density at radius 2 is 2.05 bits per heavy atom. The van der Waals surface area contributed by atoms with Crippen molar-refractivity contribution in [3.63, 3.8) is 0 Å². The van der Waals surface area contributed by atoms with E-state index in [9.17, 15) is 4.79 Å². The number of carbonyl (C=O) groups is 1. The number of hydrogen-bond acceptors (Lipinski definition) is 5. The molecule has 6 heteroatoms. The van der Waals surface area contributed by atoms with E-state index in [-0.39, 0.29) is 6.42 Å². The average molecular weight is 306 g/mol. The van der Waals surface area contributed by atoms with E-state index >= 15 is 0 Å². The van der Waals surface area contributed by atoms with Gasteiger partial charge in [0.25, 0.3) is 0 Å². The standard InChI is InChI=1S/C15H18N2O3S/c1-10(2)7-14-16-13(17-20-14)9-21-12-5-3-11(4-6-12)8-15(18)19/h3-6,10H,7-9H2,1-2H3,(H,18,19). The molecule has 5 nitrogen and oxygen atoms in total. The zero-order chi connectivity index (χ0) is 15.2. The molecule has 1 aromatic carbocycles. The van der Waals surface area contributed by atoms with Gasteiger partial charge >= 0.3 is 5.97 Å². The number of benzene rings is 1. The molecule has 0 saturated heterocycles. The summed E-state index contributed by atoms with van der Waals surface area (Å²) in [6, 6.07) is 7.49. The Labute approximate surface area is 127 Å². The molecule has 2 rings (SSSR count). The average Bonchev–Trinajstić information content (AvgIpc) is 2.84. The molecule has 112 valence electrons. The largest absolute Gasteiger partial charge is 0.481 e. The molecule has 0 bridgehead atoms. The normalized spacial score (nSPS) is 11.0. The van der Waals surface area contributed by atoms with Gasteiger partial charge in [0.2, 0.25) is 5.89 Å². The second kappa shape index (κ2) is 7.26. The lowest BCUT2D eigenvalue weighted by Crippen LogP contribution is -1.99. The lowest BCUT2D eigenvalue weighted by Gasteiger charge is -2.01. The van der Waals surface area contributed by atoms with Gasteiger partial charge in [-0.1, -0.05) is 31.1 Å². The first kappa shape index (κ1) is 15.6. The van der Waals surface area contributed by atoms with Crippen molar-refractivity contribution in [3.05, 3.63) is 41.5 Å². The fourth-order valence-electron chi connectivity index (χ4n) is 1.81. The first-order valence-corrected chi connectivity index (χ1v) is 7.76. The molecule has 0 aliphatic heterocycles. The van der Waals surface area contributed by atoms with Crippen molar-refractivity contribution in [3.8, 4) is 0 Å². The fraction of sp³-hybridized carbons (Fsp3) is 0.400. The summed E-state index contributed by atoms with van der Waals surface area (Å²) >= 11 is 1.60. The Bertz CT molecular complexity index is 593. The quantitative estimate of drug-likeness (QED) is 0.792. The van der Waals surface area contributed by atoms with Crippen LogP contribution < -0.4 is 0 Å². The summed E-state index contributed by atoms with van der Waals surface area (Å²) in [5.74, 6) is 1.68. The van der Waals surface area contributed by atoms with E-state index in [0.29, 0.717) is 23.4 Å².